The lowest BCUT2D eigenvalue weighted by atomic mass is 9.99. The standard InChI is InChI=1S/C10H11FO2/c1-6-4-3-5-8(9(6)11)7(2)10(12)13/h3-5,7H,1-2H3,(H,12,13). The second kappa shape index (κ2) is 3.56. The minimum absolute atomic E-state index is 0.243. The number of carboxylic acids is 1. The zero-order valence-corrected chi connectivity index (χ0v) is 7.54. The third kappa shape index (κ3) is 1.86. The number of benzene rings is 1. The van der Waals surface area contributed by atoms with Crippen molar-refractivity contribution in [1.29, 1.82) is 0 Å². The Balaban J connectivity index is 3.15. The van der Waals surface area contributed by atoms with Crippen molar-refractivity contribution in [3.05, 3.63) is 35.1 Å². The van der Waals surface area contributed by atoms with E-state index in [1.165, 1.54) is 13.0 Å². The first-order valence-electron chi connectivity index (χ1n) is 4.02. The molecule has 0 bridgehead atoms. The molecule has 70 valence electrons. The Morgan fingerprint density at radius 3 is 2.69 bits per heavy atom. The Kier molecular flexibility index (Phi) is 2.66. The van der Waals surface area contributed by atoms with Gasteiger partial charge in [-0.3, -0.25) is 4.79 Å². The number of hydrogen-bond acceptors (Lipinski definition) is 1. The summed E-state index contributed by atoms with van der Waals surface area (Å²) in [6.45, 7) is 3.09. The van der Waals surface area contributed by atoms with E-state index in [4.69, 9.17) is 5.11 Å². The Morgan fingerprint density at radius 1 is 1.54 bits per heavy atom. The van der Waals surface area contributed by atoms with Crippen LogP contribution in [0.2, 0.25) is 0 Å². The highest BCUT2D eigenvalue weighted by Crippen LogP contribution is 2.21. The molecule has 1 N–H and O–H groups in total. The average Bonchev–Trinajstić information content (AvgIpc) is 2.08. The molecule has 0 saturated carbocycles. The molecule has 0 heterocycles. The molecule has 2 nitrogen and oxygen atoms in total. The van der Waals surface area contributed by atoms with E-state index in [1.807, 2.05) is 0 Å². The number of aryl methyl sites for hydroxylation is 1. The number of halogens is 1. The third-order valence-electron chi connectivity index (χ3n) is 2.06. The van der Waals surface area contributed by atoms with Crippen molar-refractivity contribution < 1.29 is 14.3 Å². The number of carboxylic acid groups (broad SMARTS) is 1. The van der Waals surface area contributed by atoms with Gasteiger partial charge < -0.3 is 5.11 Å². The summed E-state index contributed by atoms with van der Waals surface area (Å²) >= 11 is 0. The van der Waals surface area contributed by atoms with Crippen LogP contribution in [-0.4, -0.2) is 11.1 Å². The molecule has 0 fully saturated rings. The predicted molar refractivity (Wildman–Crippen MR) is 47.2 cm³/mol. The number of carbonyl (C=O) groups is 1. The SMILES string of the molecule is Cc1cccc(C(C)C(=O)O)c1F. The summed E-state index contributed by atoms with van der Waals surface area (Å²) in [7, 11) is 0. The molecule has 1 unspecified atom stereocenters. The van der Waals surface area contributed by atoms with Crippen LogP contribution in [0.15, 0.2) is 18.2 Å². The van der Waals surface area contributed by atoms with E-state index in [0.717, 1.165) is 0 Å². The molecular formula is C10H11FO2. The van der Waals surface area contributed by atoms with E-state index in [1.54, 1.807) is 19.1 Å². The van der Waals surface area contributed by atoms with Crippen molar-refractivity contribution in [2.24, 2.45) is 0 Å². The van der Waals surface area contributed by atoms with Gasteiger partial charge in [0.2, 0.25) is 0 Å². The monoisotopic (exact) mass is 182 g/mol. The highest BCUT2D eigenvalue weighted by Gasteiger charge is 2.18. The fourth-order valence-electron chi connectivity index (χ4n) is 1.14. The van der Waals surface area contributed by atoms with Gasteiger partial charge in [-0.25, -0.2) is 4.39 Å². The quantitative estimate of drug-likeness (QED) is 0.762. The maximum absolute atomic E-state index is 13.3. The van der Waals surface area contributed by atoms with Crippen LogP contribution in [0.4, 0.5) is 4.39 Å². The van der Waals surface area contributed by atoms with Crippen LogP contribution in [0.25, 0.3) is 0 Å². The topological polar surface area (TPSA) is 37.3 Å². The molecule has 0 aliphatic rings. The molecular weight excluding hydrogens is 171 g/mol. The fourth-order valence-corrected chi connectivity index (χ4v) is 1.14. The van der Waals surface area contributed by atoms with Gasteiger partial charge in [0.1, 0.15) is 5.82 Å². The first-order chi connectivity index (χ1) is 6.04. The maximum atomic E-state index is 13.3. The zero-order chi connectivity index (χ0) is 10.0. The van der Waals surface area contributed by atoms with Crippen molar-refractivity contribution in [2.75, 3.05) is 0 Å². The molecule has 1 rings (SSSR count). The van der Waals surface area contributed by atoms with Gasteiger partial charge in [-0.15, -0.1) is 0 Å². The molecule has 13 heavy (non-hydrogen) atoms. The van der Waals surface area contributed by atoms with Crippen molar-refractivity contribution in [3.63, 3.8) is 0 Å². The van der Waals surface area contributed by atoms with Gasteiger partial charge >= 0.3 is 5.97 Å². The van der Waals surface area contributed by atoms with E-state index < -0.39 is 17.7 Å². The summed E-state index contributed by atoms with van der Waals surface area (Å²) in [6.07, 6.45) is 0. The van der Waals surface area contributed by atoms with E-state index in [-0.39, 0.29) is 5.56 Å². The average molecular weight is 182 g/mol. The van der Waals surface area contributed by atoms with Crippen LogP contribution in [0, 0.1) is 12.7 Å². The van der Waals surface area contributed by atoms with Gasteiger partial charge in [0.25, 0.3) is 0 Å². The molecule has 0 radical (unpaired) electrons. The Hall–Kier alpha value is -1.38. The van der Waals surface area contributed by atoms with Crippen LogP contribution >= 0.6 is 0 Å². The minimum atomic E-state index is -1.01. The fraction of sp³-hybridized carbons (Fsp3) is 0.300. The minimum Gasteiger partial charge on any atom is -0.481 e. The molecule has 0 aliphatic carbocycles. The van der Waals surface area contributed by atoms with Gasteiger partial charge in [0.15, 0.2) is 0 Å². The highest BCUT2D eigenvalue weighted by molar-refractivity contribution is 5.75. The van der Waals surface area contributed by atoms with Crippen molar-refractivity contribution in [2.45, 2.75) is 19.8 Å². The van der Waals surface area contributed by atoms with Crippen LogP contribution in [0.5, 0.6) is 0 Å². The summed E-state index contributed by atoms with van der Waals surface area (Å²) in [5.74, 6) is -2.22. The second-order valence-electron chi connectivity index (χ2n) is 3.04. The number of rotatable bonds is 2. The van der Waals surface area contributed by atoms with E-state index in [2.05, 4.69) is 0 Å². The first kappa shape index (κ1) is 9.71. The summed E-state index contributed by atoms with van der Waals surface area (Å²) in [5, 5.41) is 8.68. The second-order valence-corrected chi connectivity index (χ2v) is 3.04. The molecule has 0 aromatic heterocycles. The molecule has 0 spiro atoms. The predicted octanol–water partition coefficient (Wildman–Crippen LogP) is 2.32. The number of aliphatic carboxylic acids is 1. The first-order valence-corrected chi connectivity index (χ1v) is 4.02. The lowest BCUT2D eigenvalue weighted by Gasteiger charge is -2.08. The lowest BCUT2D eigenvalue weighted by molar-refractivity contribution is -0.138. The van der Waals surface area contributed by atoms with Crippen LogP contribution in [0.1, 0.15) is 24.0 Å². The third-order valence-corrected chi connectivity index (χ3v) is 2.06. The molecule has 1 aromatic carbocycles. The largest absolute Gasteiger partial charge is 0.481 e. The van der Waals surface area contributed by atoms with E-state index >= 15 is 0 Å². The molecule has 1 atom stereocenters. The molecule has 3 heteroatoms. The Labute approximate surface area is 76.0 Å². The van der Waals surface area contributed by atoms with E-state index in [9.17, 15) is 9.18 Å². The maximum Gasteiger partial charge on any atom is 0.310 e. The molecule has 0 saturated heterocycles. The normalized spacial score (nSPS) is 12.5. The smallest absolute Gasteiger partial charge is 0.310 e. The van der Waals surface area contributed by atoms with E-state index in [0.29, 0.717) is 5.56 Å². The van der Waals surface area contributed by atoms with Gasteiger partial charge in [-0.1, -0.05) is 18.2 Å². The van der Waals surface area contributed by atoms with Crippen LogP contribution < -0.4 is 0 Å². The Bertz CT molecular complexity index is 334. The van der Waals surface area contributed by atoms with Gasteiger partial charge in [0.05, 0.1) is 5.92 Å². The van der Waals surface area contributed by atoms with Gasteiger partial charge in [0, 0.05) is 5.56 Å². The summed E-state index contributed by atoms with van der Waals surface area (Å²) in [5.41, 5.74) is 0.720. The van der Waals surface area contributed by atoms with Gasteiger partial charge in [-0.2, -0.15) is 0 Å². The van der Waals surface area contributed by atoms with Gasteiger partial charge in [-0.05, 0) is 19.4 Å². The lowest BCUT2D eigenvalue weighted by Crippen LogP contribution is -2.09. The zero-order valence-electron chi connectivity index (χ0n) is 7.54. The summed E-state index contributed by atoms with van der Waals surface area (Å²) in [6, 6.07) is 4.78. The van der Waals surface area contributed by atoms with Crippen molar-refractivity contribution in [1.82, 2.24) is 0 Å². The van der Waals surface area contributed by atoms with Crippen LogP contribution in [-0.2, 0) is 4.79 Å². The van der Waals surface area contributed by atoms with Crippen molar-refractivity contribution >= 4 is 5.97 Å². The van der Waals surface area contributed by atoms with Crippen LogP contribution in [0.3, 0.4) is 0 Å². The summed E-state index contributed by atoms with van der Waals surface area (Å²) in [4.78, 5) is 10.6. The van der Waals surface area contributed by atoms with Crippen molar-refractivity contribution in [3.8, 4) is 0 Å². The molecule has 0 amide bonds. The Morgan fingerprint density at radius 2 is 2.15 bits per heavy atom. The highest BCUT2D eigenvalue weighted by atomic mass is 19.1. The molecule has 0 aliphatic heterocycles. The molecule has 1 aromatic rings. The summed E-state index contributed by atoms with van der Waals surface area (Å²) < 4.78 is 13.3. The number of hydrogen-bond donors (Lipinski definition) is 1.